The minimum atomic E-state index is -0.313. The van der Waals surface area contributed by atoms with E-state index in [4.69, 9.17) is 4.74 Å². The van der Waals surface area contributed by atoms with Gasteiger partial charge in [-0.1, -0.05) is 22.0 Å². The molecule has 18 heavy (non-hydrogen) atoms. The number of hydrogen-bond acceptors (Lipinski definition) is 3. The van der Waals surface area contributed by atoms with Crippen molar-refractivity contribution in [2.24, 2.45) is 0 Å². The summed E-state index contributed by atoms with van der Waals surface area (Å²) in [5.41, 5.74) is 0.591. The summed E-state index contributed by atoms with van der Waals surface area (Å²) in [4.78, 5) is 24.5. The minimum absolute atomic E-state index is 0.149. The van der Waals surface area contributed by atoms with Crippen molar-refractivity contribution in [3.63, 3.8) is 0 Å². The van der Waals surface area contributed by atoms with E-state index in [-0.39, 0.29) is 12.0 Å². The minimum Gasteiger partial charge on any atom is -0.448 e. The first-order chi connectivity index (χ1) is 8.66. The number of nitrogens with one attached hydrogen (secondary N) is 1. The molecule has 2 rings (SSSR count). The van der Waals surface area contributed by atoms with E-state index in [1.165, 1.54) is 0 Å². The number of amides is 2. The lowest BCUT2D eigenvalue weighted by atomic mass is 10.2. The molecule has 1 aliphatic heterocycles. The Kier molecular flexibility index (Phi) is 4.19. The highest BCUT2D eigenvalue weighted by atomic mass is 79.9. The Morgan fingerprint density at radius 1 is 1.50 bits per heavy atom. The van der Waals surface area contributed by atoms with E-state index in [1.807, 2.05) is 6.07 Å². The molecule has 5 nitrogen and oxygen atoms in total. The van der Waals surface area contributed by atoms with Crippen LogP contribution in [0.5, 0.6) is 0 Å². The summed E-state index contributed by atoms with van der Waals surface area (Å²) in [5, 5.41) is 2.76. The highest BCUT2D eigenvalue weighted by molar-refractivity contribution is 9.10. The molecule has 0 aromatic heterocycles. The van der Waals surface area contributed by atoms with Gasteiger partial charge in [0.15, 0.2) is 0 Å². The molecule has 1 aromatic carbocycles. The Morgan fingerprint density at radius 2 is 2.33 bits per heavy atom. The monoisotopic (exact) mass is 312 g/mol. The molecule has 0 spiro atoms. The third-order valence-electron chi connectivity index (χ3n) is 2.60. The first kappa shape index (κ1) is 12.9. The van der Waals surface area contributed by atoms with Crippen molar-refractivity contribution in [3.8, 4) is 0 Å². The van der Waals surface area contributed by atoms with E-state index < -0.39 is 0 Å². The summed E-state index contributed by atoms with van der Waals surface area (Å²) < 4.78 is 5.65. The van der Waals surface area contributed by atoms with Crippen LogP contribution in [0.25, 0.3) is 0 Å². The normalized spacial score (nSPS) is 14.5. The standard InChI is InChI=1S/C12H13BrN2O3/c13-10-3-1-2-9(8-10)11(16)14-4-5-15-6-7-18-12(15)17/h1-3,8H,4-7H2,(H,14,16). The van der Waals surface area contributed by atoms with Crippen LogP contribution in [-0.2, 0) is 4.74 Å². The van der Waals surface area contributed by atoms with Crippen LogP contribution in [0.4, 0.5) is 4.79 Å². The largest absolute Gasteiger partial charge is 0.448 e. The van der Waals surface area contributed by atoms with Gasteiger partial charge < -0.3 is 15.0 Å². The second kappa shape index (κ2) is 5.86. The van der Waals surface area contributed by atoms with Gasteiger partial charge in [-0.3, -0.25) is 4.79 Å². The molecule has 0 atom stereocenters. The number of cyclic esters (lactones) is 1. The van der Waals surface area contributed by atoms with Gasteiger partial charge in [0, 0.05) is 23.1 Å². The molecule has 6 heteroatoms. The Morgan fingerprint density at radius 3 is 3.00 bits per heavy atom. The van der Waals surface area contributed by atoms with E-state index in [2.05, 4.69) is 21.2 Å². The van der Waals surface area contributed by atoms with E-state index in [0.29, 0.717) is 31.8 Å². The molecule has 0 saturated carbocycles. The number of hydrogen-bond donors (Lipinski definition) is 1. The summed E-state index contributed by atoms with van der Waals surface area (Å²) in [7, 11) is 0. The van der Waals surface area contributed by atoms with Gasteiger partial charge in [0.2, 0.25) is 0 Å². The van der Waals surface area contributed by atoms with E-state index >= 15 is 0 Å². The second-order valence-corrected chi connectivity index (χ2v) is 4.78. The Bertz CT molecular complexity index is 464. The fourth-order valence-electron chi connectivity index (χ4n) is 1.66. The van der Waals surface area contributed by atoms with E-state index in [0.717, 1.165) is 4.47 Å². The van der Waals surface area contributed by atoms with Gasteiger partial charge in [0.1, 0.15) is 6.61 Å². The fraction of sp³-hybridized carbons (Fsp3) is 0.333. The van der Waals surface area contributed by atoms with Crippen molar-refractivity contribution in [1.29, 1.82) is 0 Å². The van der Waals surface area contributed by atoms with Gasteiger partial charge in [0.25, 0.3) is 5.91 Å². The molecule has 1 aromatic rings. The van der Waals surface area contributed by atoms with E-state index in [9.17, 15) is 9.59 Å². The smallest absolute Gasteiger partial charge is 0.409 e. The number of carbonyl (C=O) groups excluding carboxylic acids is 2. The Balaban J connectivity index is 1.80. The summed E-state index contributed by atoms with van der Waals surface area (Å²) in [6, 6.07) is 7.15. The maximum absolute atomic E-state index is 11.8. The van der Waals surface area contributed by atoms with Gasteiger partial charge in [0.05, 0.1) is 6.54 Å². The van der Waals surface area contributed by atoms with Crippen LogP contribution in [0.3, 0.4) is 0 Å². The zero-order chi connectivity index (χ0) is 13.0. The fourth-order valence-corrected chi connectivity index (χ4v) is 2.06. The van der Waals surface area contributed by atoms with Gasteiger partial charge in [-0.25, -0.2) is 4.79 Å². The van der Waals surface area contributed by atoms with E-state index in [1.54, 1.807) is 23.1 Å². The quantitative estimate of drug-likeness (QED) is 0.919. The molecular weight excluding hydrogens is 300 g/mol. The van der Waals surface area contributed by atoms with Crippen molar-refractivity contribution in [2.75, 3.05) is 26.2 Å². The molecule has 1 heterocycles. The van der Waals surface area contributed by atoms with Crippen LogP contribution in [0.2, 0.25) is 0 Å². The van der Waals surface area contributed by atoms with Crippen molar-refractivity contribution >= 4 is 27.9 Å². The lowest BCUT2D eigenvalue weighted by Crippen LogP contribution is -2.35. The average molecular weight is 313 g/mol. The number of benzene rings is 1. The Hall–Kier alpha value is -1.56. The van der Waals surface area contributed by atoms with Crippen molar-refractivity contribution in [1.82, 2.24) is 10.2 Å². The molecule has 1 fully saturated rings. The first-order valence-corrected chi connectivity index (χ1v) is 6.41. The van der Waals surface area contributed by atoms with Crippen LogP contribution in [0.15, 0.2) is 28.7 Å². The molecule has 1 saturated heterocycles. The predicted octanol–water partition coefficient (Wildman–Crippen LogP) is 1.63. The van der Waals surface area contributed by atoms with Crippen molar-refractivity contribution in [2.45, 2.75) is 0 Å². The Labute approximate surface area is 113 Å². The zero-order valence-electron chi connectivity index (χ0n) is 9.69. The molecule has 2 amide bonds. The molecular formula is C12H13BrN2O3. The summed E-state index contributed by atoms with van der Waals surface area (Å²) in [6.45, 7) is 1.91. The third kappa shape index (κ3) is 3.22. The molecule has 0 aliphatic carbocycles. The average Bonchev–Trinajstić information content (AvgIpc) is 2.75. The van der Waals surface area contributed by atoms with Crippen LogP contribution in [0.1, 0.15) is 10.4 Å². The molecule has 1 aliphatic rings. The third-order valence-corrected chi connectivity index (χ3v) is 3.09. The first-order valence-electron chi connectivity index (χ1n) is 5.62. The lowest BCUT2D eigenvalue weighted by Gasteiger charge is -2.12. The number of halogens is 1. The van der Waals surface area contributed by atoms with Crippen LogP contribution < -0.4 is 5.32 Å². The zero-order valence-corrected chi connectivity index (χ0v) is 11.3. The summed E-state index contributed by atoms with van der Waals surface area (Å²) in [6.07, 6.45) is -0.313. The summed E-state index contributed by atoms with van der Waals surface area (Å²) in [5.74, 6) is -0.149. The van der Waals surface area contributed by atoms with Gasteiger partial charge in [-0.05, 0) is 18.2 Å². The maximum atomic E-state index is 11.8. The number of ether oxygens (including phenoxy) is 1. The van der Waals surface area contributed by atoms with Gasteiger partial charge in [-0.15, -0.1) is 0 Å². The highest BCUT2D eigenvalue weighted by Gasteiger charge is 2.21. The second-order valence-electron chi connectivity index (χ2n) is 3.87. The van der Waals surface area contributed by atoms with Crippen molar-refractivity contribution < 1.29 is 14.3 Å². The molecule has 0 radical (unpaired) electrons. The predicted molar refractivity (Wildman–Crippen MR) is 69.4 cm³/mol. The summed E-state index contributed by atoms with van der Waals surface area (Å²) >= 11 is 3.31. The SMILES string of the molecule is O=C(NCCN1CCOC1=O)c1cccc(Br)c1. The molecule has 1 N–H and O–H groups in total. The molecule has 96 valence electrons. The number of rotatable bonds is 4. The lowest BCUT2D eigenvalue weighted by molar-refractivity contribution is 0.0948. The van der Waals surface area contributed by atoms with Crippen LogP contribution in [-0.4, -0.2) is 43.1 Å². The van der Waals surface area contributed by atoms with Crippen LogP contribution >= 0.6 is 15.9 Å². The van der Waals surface area contributed by atoms with Crippen LogP contribution in [0, 0.1) is 0 Å². The molecule has 0 unspecified atom stereocenters. The van der Waals surface area contributed by atoms with Crippen molar-refractivity contribution in [3.05, 3.63) is 34.3 Å². The van der Waals surface area contributed by atoms with Gasteiger partial charge in [-0.2, -0.15) is 0 Å². The molecule has 0 bridgehead atoms. The number of carbonyl (C=O) groups is 2. The topological polar surface area (TPSA) is 58.6 Å². The highest BCUT2D eigenvalue weighted by Crippen LogP contribution is 2.11. The van der Waals surface area contributed by atoms with Gasteiger partial charge >= 0.3 is 6.09 Å². The number of nitrogens with zero attached hydrogens (tertiary/aromatic N) is 1. The maximum Gasteiger partial charge on any atom is 0.409 e.